The summed E-state index contributed by atoms with van der Waals surface area (Å²) in [5.41, 5.74) is 1.93. The van der Waals surface area contributed by atoms with Gasteiger partial charge in [-0.1, -0.05) is 24.3 Å². The van der Waals surface area contributed by atoms with E-state index in [1.165, 1.54) is 38.4 Å². The first kappa shape index (κ1) is 21.0. The molecule has 174 valence electrons. The predicted molar refractivity (Wildman–Crippen MR) is 124 cm³/mol. The average Bonchev–Trinajstić information content (AvgIpc) is 2.76. The van der Waals surface area contributed by atoms with Gasteiger partial charge in [0.05, 0.1) is 0 Å². The Bertz CT molecular complexity index is 987. The average molecular weight is 458 g/mol. The van der Waals surface area contributed by atoms with Gasteiger partial charge in [-0.25, -0.2) is 13.2 Å². The fourth-order valence-electron chi connectivity index (χ4n) is 8.06. The Morgan fingerprint density at radius 3 is 2.28 bits per heavy atom. The largest absolute Gasteiger partial charge is 0.335 e. The Kier molecular flexibility index (Phi) is 4.88. The van der Waals surface area contributed by atoms with Crippen molar-refractivity contribution in [3.63, 3.8) is 0 Å². The Morgan fingerprint density at radius 1 is 1.03 bits per heavy atom. The molecule has 0 radical (unpaired) electrons. The molecule has 7 heteroatoms. The van der Waals surface area contributed by atoms with Crippen LogP contribution < -0.4 is 10.6 Å². The topological polar surface area (TPSA) is 78.5 Å². The summed E-state index contributed by atoms with van der Waals surface area (Å²) in [4.78, 5) is 15.2. The maximum absolute atomic E-state index is 13.2. The summed E-state index contributed by atoms with van der Waals surface area (Å²) in [6.45, 7) is 2.09. The van der Waals surface area contributed by atoms with Crippen LogP contribution in [0.15, 0.2) is 24.3 Å². The third kappa shape index (κ3) is 3.38. The van der Waals surface area contributed by atoms with Crippen molar-refractivity contribution in [3.05, 3.63) is 35.4 Å². The van der Waals surface area contributed by atoms with Gasteiger partial charge in [0, 0.05) is 37.3 Å². The van der Waals surface area contributed by atoms with Crippen LogP contribution in [0.1, 0.15) is 61.4 Å². The number of rotatable bonds is 2. The van der Waals surface area contributed by atoms with E-state index < -0.39 is 15.2 Å². The molecule has 2 N–H and O–H groups in total. The van der Waals surface area contributed by atoms with Gasteiger partial charge in [0.15, 0.2) is 9.84 Å². The molecular weight excluding hydrogens is 422 g/mol. The molecule has 4 bridgehead atoms. The highest BCUT2D eigenvalue weighted by Gasteiger charge is 2.49. The SMILES string of the molecule is CS(=O)(=O)C1NCC2(CCN(C(=O)NC3C4CC5CC(C4)CC3C5)CC2)c2ccccc21. The molecule has 1 aromatic carbocycles. The molecule has 6 aliphatic rings. The molecule has 6 nitrogen and oxygen atoms in total. The lowest BCUT2D eigenvalue weighted by Crippen LogP contribution is -2.60. The van der Waals surface area contributed by atoms with Gasteiger partial charge in [-0.15, -0.1) is 0 Å². The van der Waals surface area contributed by atoms with E-state index in [9.17, 15) is 13.2 Å². The second-order valence-electron chi connectivity index (χ2n) is 11.4. The zero-order valence-electron chi connectivity index (χ0n) is 18.9. The number of nitrogens with zero attached hydrogens (tertiary/aromatic N) is 1. The first-order valence-electron chi connectivity index (χ1n) is 12.4. The highest BCUT2D eigenvalue weighted by Crippen LogP contribution is 2.53. The lowest BCUT2D eigenvalue weighted by atomic mass is 9.54. The predicted octanol–water partition coefficient (Wildman–Crippen LogP) is 3.20. The number of sulfone groups is 1. The fraction of sp³-hybridized carbons (Fsp3) is 0.720. The quantitative estimate of drug-likeness (QED) is 0.715. The van der Waals surface area contributed by atoms with E-state index in [1.807, 2.05) is 23.1 Å². The molecule has 1 aromatic rings. The zero-order chi connectivity index (χ0) is 22.1. The van der Waals surface area contributed by atoms with Gasteiger partial charge in [0.2, 0.25) is 0 Å². The van der Waals surface area contributed by atoms with E-state index in [0.717, 1.165) is 48.9 Å². The van der Waals surface area contributed by atoms with Crippen LogP contribution in [0.2, 0.25) is 0 Å². The van der Waals surface area contributed by atoms with Gasteiger partial charge < -0.3 is 10.2 Å². The Labute approximate surface area is 191 Å². The van der Waals surface area contributed by atoms with E-state index in [2.05, 4.69) is 16.7 Å². The third-order valence-electron chi connectivity index (χ3n) is 9.39. The number of hydrogen-bond acceptors (Lipinski definition) is 4. The summed E-state index contributed by atoms with van der Waals surface area (Å²) in [7, 11) is -3.23. The lowest BCUT2D eigenvalue weighted by molar-refractivity contribution is -0.0115. The molecular formula is C25H35N3O3S. The normalized spacial score (nSPS) is 37.3. The van der Waals surface area contributed by atoms with Crippen LogP contribution in [0, 0.1) is 23.7 Å². The third-order valence-corrected chi connectivity index (χ3v) is 10.7. The molecule has 4 aliphatic carbocycles. The summed E-state index contributed by atoms with van der Waals surface area (Å²) < 4.78 is 24.7. The smallest absolute Gasteiger partial charge is 0.317 e. The van der Waals surface area contributed by atoms with E-state index >= 15 is 0 Å². The summed E-state index contributed by atoms with van der Waals surface area (Å²) in [5, 5.41) is 6.14. The number of urea groups is 1. The number of amides is 2. The first-order chi connectivity index (χ1) is 15.3. The Morgan fingerprint density at radius 2 is 1.66 bits per heavy atom. The highest BCUT2D eigenvalue weighted by molar-refractivity contribution is 7.90. The van der Waals surface area contributed by atoms with E-state index in [4.69, 9.17) is 0 Å². The number of fused-ring (bicyclic) bond motifs is 2. The van der Waals surface area contributed by atoms with Crippen LogP contribution in [0.5, 0.6) is 0 Å². The van der Waals surface area contributed by atoms with Gasteiger partial charge in [0.25, 0.3) is 0 Å². The number of nitrogens with one attached hydrogen (secondary N) is 2. The molecule has 1 saturated heterocycles. The molecule has 2 heterocycles. The second-order valence-corrected chi connectivity index (χ2v) is 13.5. The van der Waals surface area contributed by atoms with E-state index in [0.29, 0.717) is 24.4 Å². The number of piperidine rings is 1. The van der Waals surface area contributed by atoms with Gasteiger partial charge in [-0.2, -0.15) is 0 Å². The van der Waals surface area contributed by atoms with Gasteiger partial charge >= 0.3 is 6.03 Å². The standard InChI is InChI=1S/C25H35N3O3S/c1-32(30,31)23-20-4-2-3-5-21(20)25(15-26-23)6-8-28(9-7-25)24(29)27-22-18-11-16-10-17(13-18)14-19(22)12-16/h2-5,16-19,22-23,26H,6-15H2,1H3,(H,27,29). The second kappa shape index (κ2) is 7.45. The van der Waals surface area contributed by atoms with Crippen molar-refractivity contribution in [2.75, 3.05) is 25.9 Å². The minimum atomic E-state index is -3.23. The number of carbonyl (C=O) groups excluding carboxylic acids is 1. The summed E-state index contributed by atoms with van der Waals surface area (Å²) in [6, 6.07) is 8.46. The van der Waals surface area contributed by atoms with Crippen molar-refractivity contribution in [3.8, 4) is 0 Å². The molecule has 1 atom stereocenters. The number of benzene rings is 1. The lowest BCUT2D eigenvalue weighted by Gasteiger charge is -2.54. The molecule has 2 amide bonds. The molecule has 32 heavy (non-hydrogen) atoms. The van der Waals surface area contributed by atoms with Gasteiger partial charge in [-0.05, 0) is 79.7 Å². The number of carbonyl (C=O) groups is 1. The van der Waals surface area contributed by atoms with E-state index in [-0.39, 0.29) is 11.4 Å². The maximum atomic E-state index is 13.2. The fourth-order valence-corrected chi connectivity index (χ4v) is 9.12. The molecule has 2 aliphatic heterocycles. The van der Waals surface area contributed by atoms with Crippen LogP contribution in [0.3, 0.4) is 0 Å². The molecule has 7 rings (SSSR count). The van der Waals surface area contributed by atoms with E-state index in [1.54, 1.807) is 0 Å². The van der Waals surface area contributed by atoms with Crippen LogP contribution in [-0.2, 0) is 15.3 Å². The van der Waals surface area contributed by atoms with Crippen molar-refractivity contribution in [2.45, 2.75) is 61.8 Å². The Hall–Kier alpha value is -1.60. The van der Waals surface area contributed by atoms with Crippen molar-refractivity contribution in [2.24, 2.45) is 23.7 Å². The minimum Gasteiger partial charge on any atom is -0.335 e. The van der Waals surface area contributed by atoms with Crippen molar-refractivity contribution < 1.29 is 13.2 Å². The summed E-state index contributed by atoms with van der Waals surface area (Å²) >= 11 is 0. The minimum absolute atomic E-state index is 0.100. The number of likely N-dealkylation sites (tertiary alicyclic amines) is 1. The monoisotopic (exact) mass is 457 g/mol. The first-order valence-corrected chi connectivity index (χ1v) is 14.3. The van der Waals surface area contributed by atoms with Crippen LogP contribution in [0.4, 0.5) is 4.79 Å². The summed E-state index contributed by atoms with van der Waals surface area (Å²) in [5.74, 6) is 3.20. The Balaban J connectivity index is 1.15. The van der Waals surface area contributed by atoms with Crippen molar-refractivity contribution >= 4 is 15.9 Å². The maximum Gasteiger partial charge on any atom is 0.317 e. The molecule has 5 fully saturated rings. The van der Waals surface area contributed by atoms with Crippen molar-refractivity contribution in [1.29, 1.82) is 0 Å². The molecule has 4 saturated carbocycles. The van der Waals surface area contributed by atoms with Crippen LogP contribution in [-0.4, -0.2) is 51.3 Å². The summed E-state index contributed by atoms with van der Waals surface area (Å²) in [6.07, 6.45) is 9.70. The van der Waals surface area contributed by atoms with Crippen LogP contribution in [0.25, 0.3) is 0 Å². The molecule has 1 spiro atoms. The van der Waals surface area contributed by atoms with Gasteiger partial charge in [-0.3, -0.25) is 5.32 Å². The molecule has 1 unspecified atom stereocenters. The number of hydrogen-bond donors (Lipinski definition) is 2. The van der Waals surface area contributed by atoms with Gasteiger partial charge in [0.1, 0.15) is 5.37 Å². The van der Waals surface area contributed by atoms with Crippen molar-refractivity contribution in [1.82, 2.24) is 15.5 Å². The highest BCUT2D eigenvalue weighted by atomic mass is 32.2. The molecule has 0 aromatic heterocycles. The zero-order valence-corrected chi connectivity index (χ0v) is 19.7. The van der Waals surface area contributed by atoms with Crippen LogP contribution >= 0.6 is 0 Å².